The van der Waals surface area contributed by atoms with Crippen molar-refractivity contribution in [1.29, 1.82) is 0 Å². The molecule has 0 fully saturated rings. The van der Waals surface area contributed by atoms with Gasteiger partial charge in [0.1, 0.15) is 6.61 Å². The third kappa shape index (κ3) is 3.28. The lowest BCUT2D eigenvalue weighted by Crippen LogP contribution is -2.42. The predicted octanol–water partition coefficient (Wildman–Crippen LogP) is 1.33. The van der Waals surface area contributed by atoms with Gasteiger partial charge in [-0.25, -0.2) is 13.2 Å². The smallest absolute Gasteiger partial charge is 0.312 e. The van der Waals surface area contributed by atoms with Crippen LogP contribution in [0.3, 0.4) is 0 Å². The lowest BCUT2D eigenvalue weighted by Gasteiger charge is -2.26. The number of amides is 2. The number of carbonyl (C=O) groups excluding carboxylic acids is 1. The normalized spacial score (nSPS) is 16.4. The summed E-state index contributed by atoms with van der Waals surface area (Å²) in [7, 11) is -3.64. The highest BCUT2D eigenvalue weighted by molar-refractivity contribution is 7.91. The highest BCUT2D eigenvalue weighted by atomic mass is 32.2. The Morgan fingerprint density at radius 2 is 1.88 bits per heavy atom. The third-order valence-corrected chi connectivity index (χ3v) is 5.27. The SMILES string of the molecule is NC(=O)NCC1COc2ccc(S(=O)(=O)c3ccccc3)cc2O1. The molecule has 1 aliphatic rings. The second kappa shape index (κ2) is 6.40. The van der Waals surface area contributed by atoms with Crippen molar-refractivity contribution in [1.82, 2.24) is 5.32 Å². The Morgan fingerprint density at radius 1 is 1.12 bits per heavy atom. The Labute approximate surface area is 139 Å². The summed E-state index contributed by atoms with van der Waals surface area (Å²) in [5, 5.41) is 2.43. The number of hydrogen-bond donors (Lipinski definition) is 2. The molecule has 0 spiro atoms. The molecule has 2 amide bonds. The zero-order valence-corrected chi connectivity index (χ0v) is 13.5. The number of primary amides is 1. The van der Waals surface area contributed by atoms with Gasteiger partial charge < -0.3 is 20.5 Å². The topological polar surface area (TPSA) is 108 Å². The van der Waals surface area contributed by atoms with Crippen molar-refractivity contribution in [2.45, 2.75) is 15.9 Å². The summed E-state index contributed by atoms with van der Waals surface area (Å²) in [4.78, 5) is 11.1. The largest absolute Gasteiger partial charge is 0.486 e. The first kappa shape index (κ1) is 16.1. The number of sulfone groups is 1. The van der Waals surface area contributed by atoms with Gasteiger partial charge in [0, 0.05) is 6.07 Å². The van der Waals surface area contributed by atoms with Crippen molar-refractivity contribution in [3.63, 3.8) is 0 Å². The summed E-state index contributed by atoms with van der Waals surface area (Å²) in [5.74, 6) is 0.770. The van der Waals surface area contributed by atoms with Crippen LogP contribution in [0.15, 0.2) is 58.3 Å². The van der Waals surface area contributed by atoms with Crippen LogP contribution in [0.4, 0.5) is 4.79 Å². The number of ether oxygens (including phenoxy) is 2. The van der Waals surface area contributed by atoms with Crippen LogP contribution in [0.5, 0.6) is 11.5 Å². The van der Waals surface area contributed by atoms with E-state index in [-0.39, 0.29) is 22.9 Å². The maximum absolute atomic E-state index is 12.6. The molecule has 3 rings (SSSR count). The van der Waals surface area contributed by atoms with E-state index >= 15 is 0 Å². The van der Waals surface area contributed by atoms with Gasteiger partial charge in [-0.05, 0) is 24.3 Å². The van der Waals surface area contributed by atoms with Gasteiger partial charge in [0.25, 0.3) is 0 Å². The second-order valence-electron chi connectivity index (χ2n) is 5.22. The van der Waals surface area contributed by atoms with Gasteiger partial charge in [-0.2, -0.15) is 0 Å². The average Bonchev–Trinajstić information content (AvgIpc) is 2.60. The maximum Gasteiger partial charge on any atom is 0.312 e. The van der Waals surface area contributed by atoms with Crippen molar-refractivity contribution in [2.24, 2.45) is 5.73 Å². The molecule has 0 radical (unpaired) electrons. The van der Waals surface area contributed by atoms with Crippen molar-refractivity contribution >= 4 is 15.9 Å². The average molecular weight is 348 g/mol. The molecule has 3 N–H and O–H groups in total. The van der Waals surface area contributed by atoms with E-state index in [0.29, 0.717) is 11.5 Å². The molecule has 0 saturated carbocycles. The first-order valence-electron chi connectivity index (χ1n) is 7.24. The van der Waals surface area contributed by atoms with Gasteiger partial charge >= 0.3 is 6.03 Å². The first-order chi connectivity index (χ1) is 11.5. The molecular weight excluding hydrogens is 332 g/mol. The molecule has 0 bridgehead atoms. The Kier molecular flexibility index (Phi) is 4.30. The number of nitrogens with two attached hydrogens (primary N) is 1. The lowest BCUT2D eigenvalue weighted by molar-refractivity contribution is 0.0917. The summed E-state index contributed by atoms with van der Waals surface area (Å²) >= 11 is 0. The van der Waals surface area contributed by atoms with Gasteiger partial charge in [-0.1, -0.05) is 18.2 Å². The van der Waals surface area contributed by atoms with E-state index in [2.05, 4.69) is 5.32 Å². The molecule has 1 atom stereocenters. The summed E-state index contributed by atoms with van der Waals surface area (Å²) < 4.78 is 36.5. The van der Waals surface area contributed by atoms with Gasteiger partial charge in [-0.15, -0.1) is 0 Å². The molecule has 0 aliphatic carbocycles. The van der Waals surface area contributed by atoms with Crippen molar-refractivity contribution in [3.05, 3.63) is 48.5 Å². The van der Waals surface area contributed by atoms with Gasteiger partial charge in [0.15, 0.2) is 17.6 Å². The van der Waals surface area contributed by atoms with Crippen LogP contribution in [0.2, 0.25) is 0 Å². The Balaban J connectivity index is 1.86. The number of rotatable bonds is 4. The van der Waals surface area contributed by atoms with Crippen LogP contribution in [-0.2, 0) is 9.84 Å². The molecule has 1 unspecified atom stereocenters. The highest BCUT2D eigenvalue weighted by Gasteiger charge is 2.25. The third-order valence-electron chi connectivity index (χ3n) is 3.50. The van der Waals surface area contributed by atoms with Crippen LogP contribution in [0.1, 0.15) is 0 Å². The van der Waals surface area contributed by atoms with Crippen LogP contribution < -0.4 is 20.5 Å². The molecule has 1 heterocycles. The van der Waals surface area contributed by atoms with Crippen molar-refractivity contribution in [2.75, 3.05) is 13.2 Å². The number of urea groups is 1. The summed E-state index contributed by atoms with van der Waals surface area (Å²) in [6, 6.07) is 11.9. The molecular formula is C16H16N2O5S. The predicted molar refractivity (Wildman–Crippen MR) is 85.8 cm³/mol. The van der Waals surface area contributed by atoms with Crippen LogP contribution in [0, 0.1) is 0 Å². The van der Waals surface area contributed by atoms with E-state index in [1.165, 1.54) is 24.3 Å². The number of benzene rings is 2. The Bertz CT molecular complexity index is 852. The van der Waals surface area contributed by atoms with Crippen LogP contribution in [-0.4, -0.2) is 33.7 Å². The fourth-order valence-electron chi connectivity index (χ4n) is 2.31. The zero-order valence-electron chi connectivity index (χ0n) is 12.6. The van der Waals surface area contributed by atoms with Gasteiger partial charge in [0.05, 0.1) is 16.3 Å². The van der Waals surface area contributed by atoms with Crippen LogP contribution >= 0.6 is 0 Å². The molecule has 0 saturated heterocycles. The number of carbonyl (C=O) groups is 1. The molecule has 8 heteroatoms. The fraction of sp³-hybridized carbons (Fsp3) is 0.188. The van der Waals surface area contributed by atoms with Gasteiger partial charge in [-0.3, -0.25) is 0 Å². The molecule has 2 aromatic rings. The summed E-state index contributed by atoms with van der Waals surface area (Å²) in [6.07, 6.45) is -0.445. The van der Waals surface area contributed by atoms with Crippen molar-refractivity contribution < 1.29 is 22.7 Å². The molecule has 1 aliphatic heterocycles. The second-order valence-corrected chi connectivity index (χ2v) is 7.17. The van der Waals surface area contributed by atoms with Crippen molar-refractivity contribution in [3.8, 4) is 11.5 Å². The Hall–Kier alpha value is -2.74. The quantitative estimate of drug-likeness (QED) is 0.866. The monoisotopic (exact) mass is 348 g/mol. The molecule has 0 aromatic heterocycles. The Morgan fingerprint density at radius 3 is 2.58 bits per heavy atom. The van der Waals surface area contributed by atoms with E-state index in [4.69, 9.17) is 15.2 Å². The van der Waals surface area contributed by atoms with E-state index < -0.39 is 22.0 Å². The minimum atomic E-state index is -3.64. The van der Waals surface area contributed by atoms with E-state index in [9.17, 15) is 13.2 Å². The number of fused-ring (bicyclic) bond motifs is 1. The maximum atomic E-state index is 12.6. The molecule has 2 aromatic carbocycles. The highest BCUT2D eigenvalue weighted by Crippen LogP contribution is 2.35. The fourth-order valence-corrected chi connectivity index (χ4v) is 3.61. The van der Waals surface area contributed by atoms with E-state index in [1.54, 1.807) is 24.3 Å². The first-order valence-corrected chi connectivity index (χ1v) is 8.72. The molecule has 7 nitrogen and oxygen atoms in total. The molecule has 126 valence electrons. The lowest BCUT2D eigenvalue weighted by atomic mass is 10.2. The number of nitrogens with one attached hydrogen (secondary N) is 1. The minimum Gasteiger partial charge on any atom is -0.486 e. The van der Waals surface area contributed by atoms with Gasteiger partial charge in [0.2, 0.25) is 9.84 Å². The molecule has 24 heavy (non-hydrogen) atoms. The zero-order chi connectivity index (χ0) is 17.2. The van der Waals surface area contributed by atoms with E-state index in [1.807, 2.05) is 0 Å². The van der Waals surface area contributed by atoms with E-state index in [0.717, 1.165) is 0 Å². The summed E-state index contributed by atoms with van der Waals surface area (Å²) in [5.41, 5.74) is 5.02. The summed E-state index contributed by atoms with van der Waals surface area (Å²) in [6.45, 7) is 0.405. The minimum absolute atomic E-state index is 0.111. The number of hydrogen-bond acceptors (Lipinski definition) is 5. The standard InChI is InChI=1S/C16H16N2O5S/c17-16(19)18-9-11-10-22-14-7-6-13(8-15(14)23-11)24(20,21)12-4-2-1-3-5-12/h1-8,11H,9-10H2,(H3,17,18,19). The van der Waals surface area contributed by atoms with Crippen LogP contribution in [0.25, 0.3) is 0 Å².